The van der Waals surface area contributed by atoms with Crippen molar-refractivity contribution in [3.05, 3.63) is 30.1 Å². The van der Waals surface area contributed by atoms with E-state index in [0.717, 1.165) is 36.4 Å². The molecule has 0 radical (unpaired) electrons. The summed E-state index contributed by atoms with van der Waals surface area (Å²) in [6.45, 7) is 5.90. The summed E-state index contributed by atoms with van der Waals surface area (Å²) in [5.41, 5.74) is 1.94. The molecule has 2 aromatic rings. The maximum absolute atomic E-state index is 12.1. The Hall–Kier alpha value is -2.04. The number of aromatic amines is 1. The molecule has 2 heterocycles. The van der Waals surface area contributed by atoms with E-state index in [4.69, 9.17) is 0 Å². The topological polar surface area (TPSA) is 61.0 Å². The molecule has 0 spiro atoms. The van der Waals surface area contributed by atoms with Crippen molar-refractivity contribution in [1.29, 1.82) is 0 Å². The van der Waals surface area contributed by atoms with Crippen LogP contribution in [0.3, 0.4) is 0 Å². The number of urea groups is 1. The summed E-state index contributed by atoms with van der Waals surface area (Å²) in [4.78, 5) is 21.8. The highest BCUT2D eigenvalue weighted by atomic mass is 16.2. The fraction of sp³-hybridized carbons (Fsp3) is 0.467. The van der Waals surface area contributed by atoms with Crippen LogP contribution in [0.1, 0.15) is 32.1 Å². The molecule has 106 valence electrons. The van der Waals surface area contributed by atoms with Gasteiger partial charge in [-0.2, -0.15) is 0 Å². The van der Waals surface area contributed by atoms with E-state index in [1.54, 1.807) is 0 Å². The van der Waals surface area contributed by atoms with Crippen LogP contribution in [-0.4, -0.2) is 34.0 Å². The van der Waals surface area contributed by atoms with Gasteiger partial charge in [-0.15, -0.1) is 0 Å². The fourth-order valence-corrected chi connectivity index (χ4v) is 2.41. The molecule has 1 fully saturated rings. The zero-order chi connectivity index (χ0) is 14.1. The molecule has 20 heavy (non-hydrogen) atoms. The molecule has 5 nitrogen and oxygen atoms in total. The van der Waals surface area contributed by atoms with Gasteiger partial charge in [0.1, 0.15) is 5.82 Å². The second-order valence-electron chi connectivity index (χ2n) is 5.65. The molecule has 5 heteroatoms. The van der Waals surface area contributed by atoms with Crippen molar-refractivity contribution < 1.29 is 4.79 Å². The van der Waals surface area contributed by atoms with E-state index in [0.29, 0.717) is 0 Å². The van der Waals surface area contributed by atoms with Gasteiger partial charge >= 0.3 is 6.03 Å². The van der Waals surface area contributed by atoms with Crippen LogP contribution in [0.15, 0.2) is 24.3 Å². The molecule has 1 aliphatic rings. The summed E-state index contributed by atoms with van der Waals surface area (Å²) in [5.74, 6) is 1.11. The standard InChI is InChI=1S/C15H20N4O/c1-10(2)13(18-15(20)19-8-5-9-19)14-16-11-6-3-4-7-12(11)17-14/h3-4,6-7,10,13H,5,8-9H2,1-2H3,(H,16,17)(H,18,20)/t13-/m1/s1. The zero-order valence-electron chi connectivity index (χ0n) is 11.9. The SMILES string of the molecule is CC(C)[C@@H](NC(=O)N1CCC1)c1nc2ccccc2[nH]1. The Kier molecular flexibility index (Phi) is 3.34. The number of benzene rings is 1. The summed E-state index contributed by atoms with van der Waals surface area (Å²) < 4.78 is 0. The number of hydrogen-bond acceptors (Lipinski definition) is 2. The summed E-state index contributed by atoms with van der Waals surface area (Å²) in [6, 6.07) is 7.85. The third kappa shape index (κ3) is 2.35. The van der Waals surface area contributed by atoms with Gasteiger partial charge in [0.25, 0.3) is 0 Å². The molecule has 2 amide bonds. The van der Waals surface area contributed by atoms with Gasteiger partial charge in [0.15, 0.2) is 0 Å². The second-order valence-corrected chi connectivity index (χ2v) is 5.65. The number of amides is 2. The first-order chi connectivity index (χ1) is 9.65. The lowest BCUT2D eigenvalue weighted by Crippen LogP contribution is -2.49. The lowest BCUT2D eigenvalue weighted by molar-refractivity contribution is 0.160. The average molecular weight is 272 g/mol. The van der Waals surface area contributed by atoms with Gasteiger partial charge in [0.2, 0.25) is 0 Å². The summed E-state index contributed by atoms with van der Waals surface area (Å²) in [6.07, 6.45) is 1.10. The normalized spacial score (nSPS) is 16.2. The van der Waals surface area contributed by atoms with Crippen molar-refractivity contribution in [3.63, 3.8) is 0 Å². The van der Waals surface area contributed by atoms with Crippen LogP contribution >= 0.6 is 0 Å². The minimum absolute atomic E-state index is 0.00964. The van der Waals surface area contributed by atoms with E-state index >= 15 is 0 Å². The quantitative estimate of drug-likeness (QED) is 0.902. The number of imidazole rings is 1. The molecule has 0 saturated carbocycles. The van der Waals surface area contributed by atoms with Crippen LogP contribution in [0, 0.1) is 5.92 Å². The van der Waals surface area contributed by atoms with Gasteiger partial charge in [-0.05, 0) is 24.5 Å². The van der Waals surface area contributed by atoms with Crippen LogP contribution in [0.4, 0.5) is 4.79 Å². The Morgan fingerprint density at radius 2 is 2.10 bits per heavy atom. The molecule has 1 aromatic carbocycles. The van der Waals surface area contributed by atoms with Crippen molar-refractivity contribution in [2.45, 2.75) is 26.3 Å². The number of nitrogens with zero attached hydrogens (tertiary/aromatic N) is 2. The third-order valence-electron chi connectivity index (χ3n) is 3.79. The average Bonchev–Trinajstić information content (AvgIpc) is 2.76. The van der Waals surface area contributed by atoms with Gasteiger partial charge < -0.3 is 15.2 Å². The zero-order valence-corrected chi connectivity index (χ0v) is 11.9. The smallest absolute Gasteiger partial charge is 0.317 e. The Balaban J connectivity index is 1.83. The van der Waals surface area contributed by atoms with Crippen LogP contribution < -0.4 is 5.32 Å². The third-order valence-corrected chi connectivity index (χ3v) is 3.79. The fourth-order valence-electron chi connectivity index (χ4n) is 2.41. The molecule has 1 aromatic heterocycles. The van der Waals surface area contributed by atoms with E-state index in [-0.39, 0.29) is 18.0 Å². The summed E-state index contributed by atoms with van der Waals surface area (Å²) >= 11 is 0. The number of para-hydroxylation sites is 2. The second kappa shape index (κ2) is 5.15. The first-order valence-corrected chi connectivity index (χ1v) is 7.15. The largest absolute Gasteiger partial charge is 0.340 e. The van der Waals surface area contributed by atoms with Crippen LogP contribution in [0.5, 0.6) is 0 Å². The maximum Gasteiger partial charge on any atom is 0.317 e. The molecular weight excluding hydrogens is 252 g/mol. The molecule has 0 bridgehead atoms. The Morgan fingerprint density at radius 1 is 1.35 bits per heavy atom. The van der Waals surface area contributed by atoms with E-state index in [1.807, 2.05) is 29.2 Å². The number of carbonyl (C=O) groups is 1. The minimum atomic E-state index is -0.0875. The molecule has 1 atom stereocenters. The van der Waals surface area contributed by atoms with E-state index in [1.165, 1.54) is 0 Å². The molecular formula is C15H20N4O. The van der Waals surface area contributed by atoms with E-state index in [2.05, 4.69) is 29.1 Å². The van der Waals surface area contributed by atoms with Gasteiger partial charge in [-0.25, -0.2) is 9.78 Å². The number of hydrogen-bond donors (Lipinski definition) is 2. The van der Waals surface area contributed by atoms with Gasteiger partial charge in [0.05, 0.1) is 17.1 Å². The molecule has 1 saturated heterocycles. The predicted octanol–water partition coefficient (Wildman–Crippen LogP) is 2.68. The maximum atomic E-state index is 12.1. The van der Waals surface area contributed by atoms with Gasteiger partial charge in [-0.3, -0.25) is 0 Å². The number of fused-ring (bicyclic) bond motifs is 1. The molecule has 0 aliphatic carbocycles. The highest BCUT2D eigenvalue weighted by Crippen LogP contribution is 2.22. The van der Waals surface area contributed by atoms with E-state index < -0.39 is 0 Å². The van der Waals surface area contributed by atoms with Crippen LogP contribution in [-0.2, 0) is 0 Å². The number of carbonyl (C=O) groups excluding carboxylic acids is 1. The van der Waals surface area contributed by atoms with Crippen molar-refractivity contribution in [2.75, 3.05) is 13.1 Å². The molecule has 0 unspecified atom stereocenters. The predicted molar refractivity (Wildman–Crippen MR) is 78.4 cm³/mol. The number of aromatic nitrogens is 2. The van der Waals surface area contributed by atoms with Gasteiger partial charge in [0, 0.05) is 13.1 Å². The Labute approximate surface area is 118 Å². The minimum Gasteiger partial charge on any atom is -0.340 e. The summed E-state index contributed by atoms with van der Waals surface area (Å²) in [7, 11) is 0. The van der Waals surface area contributed by atoms with Gasteiger partial charge in [-0.1, -0.05) is 26.0 Å². The van der Waals surface area contributed by atoms with Crippen molar-refractivity contribution in [3.8, 4) is 0 Å². The Morgan fingerprint density at radius 3 is 2.70 bits per heavy atom. The molecule has 3 rings (SSSR count). The Bertz CT molecular complexity index is 582. The summed E-state index contributed by atoms with van der Waals surface area (Å²) in [5, 5.41) is 3.09. The molecule has 2 N–H and O–H groups in total. The monoisotopic (exact) mass is 272 g/mol. The van der Waals surface area contributed by atoms with Crippen molar-refractivity contribution in [1.82, 2.24) is 20.2 Å². The number of likely N-dealkylation sites (tertiary alicyclic amines) is 1. The lowest BCUT2D eigenvalue weighted by atomic mass is 10.0. The van der Waals surface area contributed by atoms with E-state index in [9.17, 15) is 4.79 Å². The highest BCUT2D eigenvalue weighted by Gasteiger charge is 2.26. The number of H-pyrrole nitrogens is 1. The van der Waals surface area contributed by atoms with Crippen LogP contribution in [0.25, 0.3) is 11.0 Å². The number of rotatable bonds is 3. The highest BCUT2D eigenvalue weighted by molar-refractivity contribution is 5.77. The number of nitrogens with one attached hydrogen (secondary N) is 2. The van der Waals surface area contributed by atoms with Crippen molar-refractivity contribution >= 4 is 17.1 Å². The lowest BCUT2D eigenvalue weighted by Gasteiger charge is -2.33. The first kappa shape index (κ1) is 13.0. The molecule has 1 aliphatic heterocycles. The van der Waals surface area contributed by atoms with Crippen molar-refractivity contribution in [2.24, 2.45) is 5.92 Å². The first-order valence-electron chi connectivity index (χ1n) is 7.15. The van der Waals surface area contributed by atoms with Crippen LogP contribution in [0.2, 0.25) is 0 Å².